The summed E-state index contributed by atoms with van der Waals surface area (Å²) < 4.78 is 0. The number of benzene rings is 2. The number of hydrogen-bond donors (Lipinski definition) is 1. The SMILES string of the molecule is CC(=O)c1ccc(N2C(=O)C[C@H](Nc3ccc(C(=O)[O-])cc3)C2=O)cc1. The van der Waals surface area contributed by atoms with E-state index in [1.165, 1.54) is 31.2 Å². The number of imide groups is 1. The summed E-state index contributed by atoms with van der Waals surface area (Å²) >= 11 is 0. The molecule has 0 saturated carbocycles. The lowest BCUT2D eigenvalue weighted by Gasteiger charge is -2.16. The van der Waals surface area contributed by atoms with Gasteiger partial charge in [-0.15, -0.1) is 0 Å². The molecule has 1 aliphatic heterocycles. The normalized spacial score (nSPS) is 16.7. The van der Waals surface area contributed by atoms with E-state index in [0.29, 0.717) is 16.9 Å². The van der Waals surface area contributed by atoms with Crippen molar-refractivity contribution in [3.63, 3.8) is 0 Å². The molecule has 7 heteroatoms. The molecule has 1 fully saturated rings. The monoisotopic (exact) mass is 351 g/mol. The number of aromatic carboxylic acids is 1. The molecular weight excluding hydrogens is 336 g/mol. The Bertz CT molecular complexity index is 887. The summed E-state index contributed by atoms with van der Waals surface area (Å²) in [5.74, 6) is -2.15. The zero-order valence-corrected chi connectivity index (χ0v) is 13.9. The molecule has 1 atom stereocenters. The second kappa shape index (κ2) is 6.79. The fraction of sp³-hybridized carbons (Fsp3) is 0.158. The number of carboxylic acid groups (broad SMARTS) is 1. The summed E-state index contributed by atoms with van der Waals surface area (Å²) in [6.45, 7) is 1.44. The summed E-state index contributed by atoms with van der Waals surface area (Å²) in [5.41, 5.74) is 1.45. The van der Waals surface area contributed by atoms with Crippen LogP contribution in [0.2, 0.25) is 0 Å². The lowest BCUT2D eigenvalue weighted by Crippen LogP contribution is -2.34. The number of carboxylic acids is 1. The second-order valence-electron chi connectivity index (χ2n) is 5.94. The van der Waals surface area contributed by atoms with Gasteiger partial charge in [0.25, 0.3) is 5.91 Å². The average molecular weight is 351 g/mol. The topological polar surface area (TPSA) is 107 Å². The van der Waals surface area contributed by atoms with Crippen molar-refractivity contribution in [1.29, 1.82) is 0 Å². The minimum absolute atomic E-state index is 0.0183. The highest BCUT2D eigenvalue weighted by Gasteiger charge is 2.39. The fourth-order valence-electron chi connectivity index (χ4n) is 2.76. The average Bonchev–Trinajstić information content (AvgIpc) is 2.89. The van der Waals surface area contributed by atoms with E-state index in [2.05, 4.69) is 5.32 Å². The van der Waals surface area contributed by atoms with Gasteiger partial charge in [0.2, 0.25) is 5.91 Å². The highest BCUT2D eigenvalue weighted by molar-refractivity contribution is 6.23. The van der Waals surface area contributed by atoms with Crippen LogP contribution in [0.1, 0.15) is 34.1 Å². The van der Waals surface area contributed by atoms with E-state index >= 15 is 0 Å². The molecule has 2 aromatic carbocycles. The maximum absolute atomic E-state index is 12.6. The van der Waals surface area contributed by atoms with Crippen molar-refractivity contribution in [2.75, 3.05) is 10.2 Å². The molecular formula is C19H15N2O5-. The van der Waals surface area contributed by atoms with E-state index in [9.17, 15) is 24.3 Å². The number of anilines is 2. The number of hydrogen-bond acceptors (Lipinski definition) is 6. The van der Waals surface area contributed by atoms with Crippen molar-refractivity contribution in [1.82, 2.24) is 0 Å². The van der Waals surface area contributed by atoms with Gasteiger partial charge in [0, 0.05) is 11.3 Å². The first-order chi connectivity index (χ1) is 12.4. The molecule has 132 valence electrons. The van der Waals surface area contributed by atoms with Crippen molar-refractivity contribution in [2.45, 2.75) is 19.4 Å². The Hall–Kier alpha value is -3.48. The van der Waals surface area contributed by atoms with E-state index in [4.69, 9.17) is 0 Å². The molecule has 0 radical (unpaired) electrons. The van der Waals surface area contributed by atoms with Crippen LogP contribution >= 0.6 is 0 Å². The molecule has 1 N–H and O–H groups in total. The summed E-state index contributed by atoms with van der Waals surface area (Å²) in [5, 5.41) is 13.7. The molecule has 1 saturated heterocycles. The summed E-state index contributed by atoms with van der Waals surface area (Å²) in [4.78, 5) is 48.0. The van der Waals surface area contributed by atoms with Gasteiger partial charge in [0.05, 0.1) is 18.1 Å². The third-order valence-electron chi connectivity index (χ3n) is 4.14. The van der Waals surface area contributed by atoms with E-state index in [0.717, 1.165) is 4.90 Å². The third-order valence-corrected chi connectivity index (χ3v) is 4.14. The van der Waals surface area contributed by atoms with Crippen LogP contribution in [0.5, 0.6) is 0 Å². The molecule has 0 unspecified atom stereocenters. The van der Waals surface area contributed by atoms with Gasteiger partial charge in [-0.05, 0) is 48.9 Å². The van der Waals surface area contributed by atoms with Crippen LogP contribution in [0.4, 0.5) is 11.4 Å². The standard InChI is InChI=1S/C19H16N2O5/c1-11(22)12-4-8-15(9-5-12)21-17(23)10-16(18(21)24)20-14-6-2-13(3-7-14)19(25)26/h2-9,16,20H,10H2,1H3,(H,25,26)/p-1/t16-/m0/s1. The van der Waals surface area contributed by atoms with Crippen LogP contribution in [0.25, 0.3) is 0 Å². The molecule has 2 aromatic rings. The first kappa shape index (κ1) is 17.3. The van der Waals surface area contributed by atoms with Gasteiger partial charge in [-0.25, -0.2) is 4.90 Å². The molecule has 0 aliphatic carbocycles. The second-order valence-corrected chi connectivity index (χ2v) is 5.94. The van der Waals surface area contributed by atoms with Crippen molar-refractivity contribution < 1.29 is 24.3 Å². The van der Waals surface area contributed by atoms with Gasteiger partial charge in [-0.2, -0.15) is 0 Å². The molecule has 2 amide bonds. The molecule has 1 heterocycles. The van der Waals surface area contributed by atoms with E-state index < -0.39 is 17.9 Å². The van der Waals surface area contributed by atoms with Crippen LogP contribution in [0, 0.1) is 0 Å². The fourth-order valence-corrected chi connectivity index (χ4v) is 2.76. The van der Waals surface area contributed by atoms with E-state index in [-0.39, 0.29) is 23.7 Å². The highest BCUT2D eigenvalue weighted by Crippen LogP contribution is 2.25. The Morgan fingerprint density at radius 1 is 1.00 bits per heavy atom. The predicted molar refractivity (Wildman–Crippen MR) is 91.7 cm³/mol. The lowest BCUT2D eigenvalue weighted by molar-refractivity contribution is -0.255. The first-order valence-electron chi connectivity index (χ1n) is 7.92. The van der Waals surface area contributed by atoms with Crippen molar-refractivity contribution in [3.8, 4) is 0 Å². The number of ketones is 1. The zero-order chi connectivity index (χ0) is 18.8. The summed E-state index contributed by atoms with van der Waals surface area (Å²) in [6.07, 6.45) is -0.0183. The van der Waals surface area contributed by atoms with E-state index in [1.54, 1.807) is 24.3 Å². The zero-order valence-electron chi connectivity index (χ0n) is 13.9. The van der Waals surface area contributed by atoms with Crippen molar-refractivity contribution >= 4 is 34.9 Å². The van der Waals surface area contributed by atoms with Crippen LogP contribution < -0.4 is 15.3 Å². The Morgan fingerprint density at radius 3 is 2.12 bits per heavy atom. The molecule has 0 spiro atoms. The van der Waals surface area contributed by atoms with Gasteiger partial charge in [0.15, 0.2) is 5.78 Å². The van der Waals surface area contributed by atoms with Crippen molar-refractivity contribution in [2.24, 2.45) is 0 Å². The minimum atomic E-state index is -1.29. The van der Waals surface area contributed by atoms with Crippen molar-refractivity contribution in [3.05, 3.63) is 59.7 Å². The number of carbonyl (C=O) groups excluding carboxylic acids is 4. The number of nitrogens with one attached hydrogen (secondary N) is 1. The van der Waals surface area contributed by atoms with Crippen LogP contribution in [0.15, 0.2) is 48.5 Å². The molecule has 0 bridgehead atoms. The first-order valence-corrected chi connectivity index (χ1v) is 7.92. The van der Waals surface area contributed by atoms with Gasteiger partial charge < -0.3 is 15.2 Å². The number of rotatable bonds is 5. The quantitative estimate of drug-likeness (QED) is 0.636. The number of carbonyl (C=O) groups is 4. The molecule has 1 aliphatic rings. The van der Waals surface area contributed by atoms with Crippen LogP contribution in [-0.2, 0) is 9.59 Å². The maximum atomic E-state index is 12.6. The number of Topliss-reactive ketones (excluding diaryl/α,β-unsaturated/α-hetero) is 1. The number of nitrogens with zero attached hydrogens (tertiary/aromatic N) is 1. The highest BCUT2D eigenvalue weighted by atomic mass is 16.4. The van der Waals surface area contributed by atoms with Crippen LogP contribution in [0.3, 0.4) is 0 Å². The Morgan fingerprint density at radius 2 is 1.58 bits per heavy atom. The Balaban J connectivity index is 1.76. The van der Waals surface area contributed by atoms with Gasteiger partial charge in [-0.1, -0.05) is 12.1 Å². The third kappa shape index (κ3) is 3.32. The largest absolute Gasteiger partial charge is 0.545 e. The molecule has 26 heavy (non-hydrogen) atoms. The Labute approximate surface area is 149 Å². The summed E-state index contributed by atoms with van der Waals surface area (Å²) in [7, 11) is 0. The van der Waals surface area contributed by atoms with Gasteiger partial charge >= 0.3 is 0 Å². The maximum Gasteiger partial charge on any atom is 0.256 e. The molecule has 3 rings (SSSR count). The molecule has 0 aromatic heterocycles. The predicted octanol–water partition coefficient (Wildman–Crippen LogP) is 0.997. The van der Waals surface area contributed by atoms with E-state index in [1.807, 2.05) is 0 Å². The lowest BCUT2D eigenvalue weighted by atomic mass is 10.1. The Kier molecular flexibility index (Phi) is 4.53. The van der Waals surface area contributed by atoms with Gasteiger partial charge in [-0.3, -0.25) is 14.4 Å². The van der Waals surface area contributed by atoms with Crippen LogP contribution in [-0.4, -0.2) is 29.6 Å². The molecule has 7 nitrogen and oxygen atoms in total. The van der Waals surface area contributed by atoms with Gasteiger partial charge in [0.1, 0.15) is 6.04 Å². The number of amides is 2. The minimum Gasteiger partial charge on any atom is -0.545 e. The summed E-state index contributed by atoms with van der Waals surface area (Å²) in [6, 6.07) is 11.2. The smallest absolute Gasteiger partial charge is 0.256 e.